The lowest BCUT2D eigenvalue weighted by molar-refractivity contribution is -0.302. The van der Waals surface area contributed by atoms with Crippen LogP contribution in [0.3, 0.4) is 0 Å². The second kappa shape index (κ2) is 8.12. The fraction of sp³-hybridized carbons (Fsp3) is 1.00. The van der Waals surface area contributed by atoms with Crippen molar-refractivity contribution in [1.82, 2.24) is 0 Å². The van der Waals surface area contributed by atoms with E-state index in [0.717, 1.165) is 0 Å². The Morgan fingerprint density at radius 1 is 1.20 bits per heavy atom. The normalized spacial score (nSPS) is 49.3. The van der Waals surface area contributed by atoms with E-state index in [1.54, 1.807) is 6.92 Å². The van der Waals surface area contributed by atoms with Gasteiger partial charge in [0, 0.05) is 4.91 Å². The van der Waals surface area contributed by atoms with Gasteiger partial charge in [0.2, 0.25) is 0 Å². The average molecular weight is 362 g/mol. The molecule has 2 aliphatic rings. The predicted molar refractivity (Wildman–Crippen MR) is 83.9 cm³/mol. The number of hydrogen-bond donors (Lipinski definition) is 6. The minimum Gasteiger partial charge on any atom is -0.391 e. The highest BCUT2D eigenvalue weighted by Gasteiger charge is 2.49. The van der Waals surface area contributed by atoms with Crippen molar-refractivity contribution in [2.45, 2.75) is 81.4 Å². The van der Waals surface area contributed by atoms with E-state index in [2.05, 4.69) is 10.0 Å². The molecule has 6 unspecified atom stereocenters. The van der Waals surface area contributed by atoms with Crippen molar-refractivity contribution in [3.05, 3.63) is 10.4 Å². The molecule has 0 amide bonds. The van der Waals surface area contributed by atoms with Gasteiger partial charge >= 0.3 is 0 Å². The van der Waals surface area contributed by atoms with Crippen LogP contribution in [0.25, 0.3) is 10.4 Å². The average Bonchev–Trinajstić information content (AvgIpc) is 2.56. The molecule has 1 aliphatic carbocycles. The van der Waals surface area contributed by atoms with Gasteiger partial charge in [0.05, 0.1) is 30.4 Å². The summed E-state index contributed by atoms with van der Waals surface area (Å²) in [5.74, 6) is -0.316. The summed E-state index contributed by atoms with van der Waals surface area (Å²) >= 11 is 0. The van der Waals surface area contributed by atoms with Crippen LogP contribution in [0.4, 0.5) is 0 Å². The highest BCUT2D eigenvalue weighted by molar-refractivity contribution is 4.99. The van der Waals surface area contributed by atoms with Crippen molar-refractivity contribution in [2.24, 2.45) is 16.8 Å². The van der Waals surface area contributed by atoms with Gasteiger partial charge < -0.3 is 40.7 Å². The van der Waals surface area contributed by atoms with Crippen LogP contribution < -0.4 is 5.73 Å². The number of nitrogens with two attached hydrogens (primary N) is 1. The van der Waals surface area contributed by atoms with E-state index in [9.17, 15) is 25.5 Å². The van der Waals surface area contributed by atoms with Crippen molar-refractivity contribution in [3.8, 4) is 0 Å². The first-order chi connectivity index (χ1) is 11.7. The number of nitrogens with zero attached hydrogens (tertiary/aromatic N) is 3. The summed E-state index contributed by atoms with van der Waals surface area (Å²) in [6.45, 7) is 3.08. The van der Waals surface area contributed by atoms with E-state index in [1.165, 1.54) is 6.92 Å². The zero-order chi connectivity index (χ0) is 18.9. The molecule has 7 N–H and O–H groups in total. The maximum Gasteiger partial charge on any atom is 0.176 e. The number of ether oxygens (including phenoxy) is 2. The molecular formula is C14H26N4O7. The van der Waals surface area contributed by atoms with Crippen molar-refractivity contribution in [1.29, 1.82) is 0 Å². The van der Waals surface area contributed by atoms with E-state index >= 15 is 0 Å². The molecule has 2 fully saturated rings. The Hall–Kier alpha value is -1.01. The summed E-state index contributed by atoms with van der Waals surface area (Å²) in [5.41, 5.74) is 14.6. The van der Waals surface area contributed by atoms with Gasteiger partial charge in [0.15, 0.2) is 6.29 Å². The highest BCUT2D eigenvalue weighted by atomic mass is 16.7. The van der Waals surface area contributed by atoms with Crippen molar-refractivity contribution in [2.75, 3.05) is 0 Å². The van der Waals surface area contributed by atoms with Gasteiger partial charge in [0.25, 0.3) is 0 Å². The fourth-order valence-electron chi connectivity index (χ4n) is 3.35. The molecule has 1 saturated carbocycles. The van der Waals surface area contributed by atoms with Gasteiger partial charge in [-0.25, -0.2) is 0 Å². The monoisotopic (exact) mass is 362 g/mol. The summed E-state index contributed by atoms with van der Waals surface area (Å²) < 4.78 is 11.1. The molecule has 0 aromatic rings. The van der Waals surface area contributed by atoms with Crippen LogP contribution in [0, 0.1) is 5.92 Å². The summed E-state index contributed by atoms with van der Waals surface area (Å²) in [7, 11) is 0. The number of azide groups is 1. The molecule has 0 spiro atoms. The topological polar surface area (TPSA) is 194 Å². The van der Waals surface area contributed by atoms with E-state index < -0.39 is 61.1 Å². The SMILES string of the molecule is C[C@@H]1CC(N=[N+]=[N-])[C@@H](O[C@H]2OC([C@@H](C)O)[C@@H](O)C(O)C2N)C(O)C1O. The number of aliphatic hydroxyl groups excluding tert-OH is 5. The Balaban J connectivity index is 2.20. The van der Waals surface area contributed by atoms with Crippen LogP contribution in [0.1, 0.15) is 20.3 Å². The molecule has 2 rings (SSSR count). The Bertz CT molecular complexity index is 504. The Kier molecular flexibility index (Phi) is 6.60. The lowest BCUT2D eigenvalue weighted by atomic mass is 9.80. The van der Waals surface area contributed by atoms with Gasteiger partial charge in [0.1, 0.15) is 24.4 Å². The van der Waals surface area contributed by atoms with Crippen LogP contribution in [-0.2, 0) is 9.47 Å². The lowest BCUT2D eigenvalue weighted by Gasteiger charge is -2.46. The Morgan fingerprint density at radius 3 is 2.40 bits per heavy atom. The summed E-state index contributed by atoms with van der Waals surface area (Å²) in [5, 5.41) is 53.7. The van der Waals surface area contributed by atoms with Crippen LogP contribution in [0.2, 0.25) is 0 Å². The summed E-state index contributed by atoms with van der Waals surface area (Å²) in [6.07, 6.45) is -9.68. The standard InChI is InChI=1S/C14H26N4O7/c1-4-3-6(17-18-16)13(10(22)8(4)20)25-14-7(15)9(21)11(23)12(24-14)5(2)19/h4-14,19-23H,3,15H2,1-2H3/t4-,5-,6?,7?,8?,9?,10?,11+,12?,13-,14-/m1/s1. The van der Waals surface area contributed by atoms with Crippen LogP contribution in [0.15, 0.2) is 5.11 Å². The summed E-state index contributed by atoms with van der Waals surface area (Å²) in [4.78, 5) is 2.74. The summed E-state index contributed by atoms with van der Waals surface area (Å²) in [6, 6.07) is -1.94. The third kappa shape index (κ3) is 4.05. The zero-order valence-corrected chi connectivity index (χ0v) is 14.0. The van der Waals surface area contributed by atoms with Gasteiger partial charge in [-0.05, 0) is 24.8 Å². The van der Waals surface area contributed by atoms with Crippen LogP contribution in [0.5, 0.6) is 0 Å². The molecular weight excluding hydrogens is 336 g/mol. The third-order valence-corrected chi connectivity index (χ3v) is 4.92. The Morgan fingerprint density at radius 2 is 1.84 bits per heavy atom. The van der Waals surface area contributed by atoms with E-state index in [1.807, 2.05) is 0 Å². The van der Waals surface area contributed by atoms with Gasteiger partial charge in [-0.3, -0.25) is 0 Å². The molecule has 144 valence electrons. The van der Waals surface area contributed by atoms with Crippen molar-refractivity contribution < 1.29 is 35.0 Å². The molecule has 1 saturated heterocycles. The quantitative estimate of drug-likeness (QED) is 0.187. The smallest absolute Gasteiger partial charge is 0.176 e. The molecule has 0 aromatic carbocycles. The fourth-order valence-corrected chi connectivity index (χ4v) is 3.35. The first-order valence-corrected chi connectivity index (χ1v) is 8.20. The van der Waals surface area contributed by atoms with E-state index in [4.69, 9.17) is 20.7 Å². The van der Waals surface area contributed by atoms with Gasteiger partial charge in [-0.15, -0.1) is 0 Å². The molecule has 0 aromatic heterocycles. The minimum atomic E-state index is -1.43. The molecule has 11 atom stereocenters. The first kappa shape index (κ1) is 20.3. The van der Waals surface area contributed by atoms with Gasteiger partial charge in [-0.1, -0.05) is 12.0 Å². The van der Waals surface area contributed by atoms with E-state index in [-0.39, 0.29) is 12.3 Å². The van der Waals surface area contributed by atoms with Crippen molar-refractivity contribution in [3.63, 3.8) is 0 Å². The predicted octanol–water partition coefficient (Wildman–Crippen LogP) is -2.03. The molecule has 1 heterocycles. The maximum absolute atomic E-state index is 10.3. The van der Waals surface area contributed by atoms with Gasteiger partial charge in [-0.2, -0.15) is 0 Å². The number of hydrogen-bond acceptors (Lipinski definition) is 9. The zero-order valence-electron chi connectivity index (χ0n) is 14.0. The minimum absolute atomic E-state index is 0.278. The maximum atomic E-state index is 10.3. The van der Waals surface area contributed by atoms with E-state index in [0.29, 0.717) is 0 Å². The third-order valence-electron chi connectivity index (χ3n) is 4.92. The molecule has 0 radical (unpaired) electrons. The lowest BCUT2D eigenvalue weighted by Crippen LogP contribution is -2.66. The number of aliphatic hydroxyl groups is 5. The van der Waals surface area contributed by atoms with Crippen LogP contribution >= 0.6 is 0 Å². The molecule has 11 heteroatoms. The molecule has 11 nitrogen and oxygen atoms in total. The largest absolute Gasteiger partial charge is 0.391 e. The molecule has 1 aliphatic heterocycles. The Labute approximate surface area is 144 Å². The van der Waals surface area contributed by atoms with Crippen LogP contribution in [-0.4, -0.2) is 86.6 Å². The second-order valence-corrected chi connectivity index (χ2v) is 6.84. The number of rotatable bonds is 4. The first-order valence-electron chi connectivity index (χ1n) is 8.20. The highest BCUT2D eigenvalue weighted by Crippen LogP contribution is 2.32. The molecule has 0 bridgehead atoms. The van der Waals surface area contributed by atoms with Crippen molar-refractivity contribution >= 4 is 0 Å². The molecule has 25 heavy (non-hydrogen) atoms. The second-order valence-electron chi connectivity index (χ2n) is 6.84.